The number of aliphatic hydroxyl groups excluding tert-OH is 1. The predicted octanol–water partition coefficient (Wildman–Crippen LogP) is 7.00. The zero-order chi connectivity index (χ0) is 32.6. The number of hydrogen-bond donors (Lipinski definition) is 3. The highest BCUT2D eigenvalue weighted by molar-refractivity contribution is 6.05. The van der Waals surface area contributed by atoms with Crippen LogP contribution in [0.5, 0.6) is 11.5 Å². The minimum atomic E-state index is -1.08. The van der Waals surface area contributed by atoms with Gasteiger partial charge in [0.05, 0.1) is 22.9 Å². The third-order valence-electron chi connectivity index (χ3n) is 8.51. The summed E-state index contributed by atoms with van der Waals surface area (Å²) in [5.74, 6) is 1.17. The van der Waals surface area contributed by atoms with Gasteiger partial charge in [-0.05, 0) is 76.1 Å². The number of fused-ring (bicyclic) bond motifs is 7. The van der Waals surface area contributed by atoms with Crippen molar-refractivity contribution in [3.05, 3.63) is 118 Å². The molecule has 2 aliphatic rings. The number of nitrogens with one attached hydrogen (secondary N) is 2. The van der Waals surface area contributed by atoms with Gasteiger partial charge < -0.3 is 20.5 Å². The van der Waals surface area contributed by atoms with Crippen molar-refractivity contribution in [2.45, 2.75) is 40.2 Å². The third-order valence-corrected chi connectivity index (χ3v) is 8.51. The maximum absolute atomic E-state index is 14.5. The highest BCUT2D eigenvalue weighted by atomic mass is 16.5. The highest BCUT2D eigenvalue weighted by Gasteiger charge is 2.57. The smallest absolute Gasteiger partial charge is 0.275 e. The zero-order valence-corrected chi connectivity index (χ0v) is 27.0. The monoisotopic (exact) mass is 614 g/mol. The van der Waals surface area contributed by atoms with E-state index in [0.29, 0.717) is 28.5 Å². The van der Waals surface area contributed by atoms with Crippen LogP contribution in [0.15, 0.2) is 84.1 Å². The SMILES string of the molecule is CCNc1cc2c(cc1C)C1(c3cc(C)c(NCC)cc3O2)c2ccccc2C(=O)N1/N=C(\C)c1cnc2ccccc2n1.CO. The van der Waals surface area contributed by atoms with Crippen molar-refractivity contribution in [1.29, 1.82) is 0 Å². The maximum Gasteiger partial charge on any atom is 0.275 e. The van der Waals surface area contributed by atoms with Crippen LogP contribution in [0.1, 0.15) is 64.6 Å². The Morgan fingerprint density at radius 1 is 0.848 bits per heavy atom. The number of hydrogen-bond acceptors (Lipinski definition) is 8. The second-order valence-corrected chi connectivity index (χ2v) is 11.3. The molecule has 234 valence electrons. The Balaban J connectivity index is 0.00000182. The van der Waals surface area contributed by atoms with E-state index in [1.807, 2.05) is 67.6 Å². The summed E-state index contributed by atoms with van der Waals surface area (Å²) < 4.78 is 6.70. The van der Waals surface area contributed by atoms with Gasteiger partial charge in [-0.15, -0.1) is 0 Å². The minimum Gasteiger partial charge on any atom is -0.456 e. The summed E-state index contributed by atoms with van der Waals surface area (Å²) in [5, 5.41) is 20.7. The summed E-state index contributed by atoms with van der Waals surface area (Å²) in [7, 11) is 1.00. The first-order chi connectivity index (χ1) is 22.4. The number of benzene rings is 4. The van der Waals surface area contributed by atoms with Crippen LogP contribution in [0.2, 0.25) is 0 Å². The van der Waals surface area contributed by atoms with Crippen LogP contribution in [0.4, 0.5) is 11.4 Å². The summed E-state index contributed by atoms with van der Waals surface area (Å²) >= 11 is 0. The molecule has 46 heavy (non-hydrogen) atoms. The highest BCUT2D eigenvalue weighted by Crippen LogP contribution is 2.59. The van der Waals surface area contributed by atoms with Gasteiger partial charge in [-0.25, -0.2) is 9.99 Å². The number of carbonyl (C=O) groups is 1. The van der Waals surface area contributed by atoms with Crippen LogP contribution < -0.4 is 15.4 Å². The van der Waals surface area contributed by atoms with Crippen molar-refractivity contribution < 1.29 is 14.6 Å². The molecule has 0 unspecified atom stereocenters. The third kappa shape index (κ3) is 4.75. The van der Waals surface area contributed by atoms with E-state index in [9.17, 15) is 4.79 Å². The van der Waals surface area contributed by atoms with Crippen molar-refractivity contribution in [1.82, 2.24) is 15.0 Å². The molecule has 0 atom stereocenters. The number of amides is 1. The normalized spacial score (nSPS) is 14.2. The average Bonchev–Trinajstić information content (AvgIpc) is 3.31. The topological polar surface area (TPSA) is 112 Å². The van der Waals surface area contributed by atoms with Crippen LogP contribution in [0.25, 0.3) is 11.0 Å². The maximum atomic E-state index is 14.5. The lowest BCUT2D eigenvalue weighted by atomic mass is 9.74. The molecule has 0 radical (unpaired) electrons. The number of ether oxygens (including phenoxy) is 1. The van der Waals surface area contributed by atoms with Crippen molar-refractivity contribution in [2.75, 3.05) is 30.8 Å². The fourth-order valence-electron chi connectivity index (χ4n) is 6.47. The molecule has 1 spiro atoms. The molecule has 5 aromatic rings. The number of aliphatic hydroxyl groups is 1. The lowest BCUT2D eigenvalue weighted by molar-refractivity contribution is 0.0673. The van der Waals surface area contributed by atoms with E-state index in [0.717, 1.165) is 70.4 Å². The van der Waals surface area contributed by atoms with Crippen molar-refractivity contribution in [2.24, 2.45) is 5.10 Å². The quantitative estimate of drug-likeness (QED) is 0.177. The number of aryl methyl sites for hydroxylation is 2. The molecule has 1 amide bonds. The van der Waals surface area contributed by atoms with Gasteiger partial charge in [0.25, 0.3) is 5.91 Å². The zero-order valence-electron chi connectivity index (χ0n) is 27.0. The van der Waals surface area contributed by atoms with Crippen molar-refractivity contribution in [3.8, 4) is 11.5 Å². The molecular weight excluding hydrogens is 576 g/mol. The Morgan fingerprint density at radius 2 is 1.41 bits per heavy atom. The molecule has 1 aromatic heterocycles. The number of anilines is 2. The first-order valence-electron chi connectivity index (χ1n) is 15.5. The molecule has 0 aliphatic carbocycles. The Kier molecular flexibility index (Phi) is 8.19. The fourth-order valence-corrected chi connectivity index (χ4v) is 6.47. The molecule has 9 nitrogen and oxygen atoms in total. The number of rotatable bonds is 6. The van der Waals surface area contributed by atoms with E-state index < -0.39 is 5.54 Å². The van der Waals surface area contributed by atoms with Gasteiger partial charge >= 0.3 is 0 Å². The minimum absolute atomic E-state index is 0.186. The number of carbonyl (C=O) groups excluding carboxylic acids is 1. The summed E-state index contributed by atoms with van der Waals surface area (Å²) in [6.45, 7) is 11.7. The Bertz CT molecular complexity index is 1940. The molecule has 9 heteroatoms. The summed E-state index contributed by atoms with van der Waals surface area (Å²) in [5.41, 5.74) is 8.95. The van der Waals surface area contributed by atoms with Gasteiger partial charge in [-0.2, -0.15) is 5.10 Å². The first-order valence-corrected chi connectivity index (χ1v) is 15.5. The van der Waals surface area contributed by atoms with E-state index in [1.165, 1.54) is 0 Å². The van der Waals surface area contributed by atoms with Crippen LogP contribution in [0.3, 0.4) is 0 Å². The lowest BCUT2D eigenvalue weighted by Crippen LogP contribution is -2.45. The van der Waals surface area contributed by atoms with E-state index in [2.05, 4.69) is 55.4 Å². The Labute approximate surface area is 269 Å². The fraction of sp³-hybridized carbons (Fsp3) is 0.243. The van der Waals surface area contributed by atoms with Crippen molar-refractivity contribution in [3.63, 3.8) is 0 Å². The molecular formula is C37H38N6O3. The Hall–Kier alpha value is -5.28. The lowest BCUT2D eigenvalue weighted by Gasteiger charge is -2.42. The molecule has 3 N–H and O–H groups in total. The summed E-state index contributed by atoms with van der Waals surface area (Å²) in [4.78, 5) is 23.9. The molecule has 0 saturated carbocycles. The van der Waals surface area contributed by atoms with Gasteiger partial charge in [0, 0.05) is 66.0 Å². The number of aromatic nitrogens is 2. The first kappa shape index (κ1) is 30.7. The van der Waals surface area contributed by atoms with Crippen LogP contribution >= 0.6 is 0 Å². The predicted molar refractivity (Wildman–Crippen MR) is 183 cm³/mol. The average molecular weight is 615 g/mol. The molecule has 4 aromatic carbocycles. The number of hydrazone groups is 1. The van der Waals surface area contributed by atoms with Gasteiger partial charge in [-0.3, -0.25) is 9.78 Å². The van der Waals surface area contributed by atoms with Crippen LogP contribution in [-0.2, 0) is 5.54 Å². The van der Waals surface area contributed by atoms with Crippen LogP contribution in [0, 0.1) is 13.8 Å². The molecule has 0 bridgehead atoms. The second-order valence-electron chi connectivity index (χ2n) is 11.3. The van der Waals surface area contributed by atoms with Crippen LogP contribution in [-0.4, -0.2) is 51.9 Å². The van der Waals surface area contributed by atoms with E-state index in [4.69, 9.17) is 19.9 Å². The molecule has 2 aliphatic heterocycles. The molecule has 3 heterocycles. The van der Waals surface area contributed by atoms with Gasteiger partial charge in [0.2, 0.25) is 0 Å². The Morgan fingerprint density at radius 3 is 2.02 bits per heavy atom. The molecule has 7 rings (SSSR count). The van der Waals surface area contributed by atoms with E-state index >= 15 is 0 Å². The number of nitrogens with zero attached hydrogens (tertiary/aromatic N) is 4. The van der Waals surface area contributed by atoms with Gasteiger partial charge in [-0.1, -0.05) is 30.3 Å². The molecule has 0 fully saturated rings. The van der Waals surface area contributed by atoms with Gasteiger partial charge in [0.1, 0.15) is 22.7 Å². The second kappa shape index (κ2) is 12.3. The van der Waals surface area contributed by atoms with E-state index in [1.54, 1.807) is 11.2 Å². The number of para-hydroxylation sites is 2. The van der Waals surface area contributed by atoms with E-state index in [-0.39, 0.29) is 5.91 Å². The van der Waals surface area contributed by atoms with Crippen molar-refractivity contribution >= 4 is 34.0 Å². The summed E-state index contributed by atoms with van der Waals surface area (Å²) in [6, 6.07) is 23.9. The summed E-state index contributed by atoms with van der Waals surface area (Å²) in [6.07, 6.45) is 1.72. The standard InChI is InChI=1S/C36H34N6O2.CH4O/c1-6-37-30-18-33-26(16-21(30)3)36(27-17-22(4)31(38-7-2)19-34(27)44-33)25-13-9-8-12-24(25)35(43)42(36)41-23(5)32-20-39-28-14-10-11-15-29(28)40-32;1-2/h8-20,37-38H,6-7H2,1-5H3;2H,1H3/b41-23+;. The molecule has 0 saturated heterocycles. The largest absolute Gasteiger partial charge is 0.456 e. The van der Waals surface area contributed by atoms with Gasteiger partial charge in [0.15, 0.2) is 0 Å².